The van der Waals surface area contributed by atoms with Crippen molar-refractivity contribution in [1.29, 1.82) is 0 Å². The SMILES string of the molecule is Cc1nn(C)c(C)c1OCC(=O)N1CCO[C@H]2CNC[C@H]21. The lowest BCUT2D eigenvalue weighted by atomic mass is 10.1. The molecule has 116 valence electrons. The number of ether oxygens (including phenoxy) is 2. The Bertz CT molecular complexity index is 543. The van der Waals surface area contributed by atoms with Gasteiger partial charge in [-0.2, -0.15) is 5.10 Å². The van der Waals surface area contributed by atoms with Gasteiger partial charge in [0.2, 0.25) is 0 Å². The molecule has 2 saturated heterocycles. The summed E-state index contributed by atoms with van der Waals surface area (Å²) in [7, 11) is 1.87. The second kappa shape index (κ2) is 5.65. The summed E-state index contributed by atoms with van der Waals surface area (Å²) in [5.74, 6) is 0.722. The summed E-state index contributed by atoms with van der Waals surface area (Å²) < 4.78 is 13.2. The summed E-state index contributed by atoms with van der Waals surface area (Å²) in [6.07, 6.45) is 0.115. The Balaban J connectivity index is 1.63. The highest BCUT2D eigenvalue weighted by atomic mass is 16.5. The Morgan fingerprint density at radius 3 is 3.00 bits per heavy atom. The fraction of sp³-hybridized carbons (Fsp3) is 0.714. The molecule has 21 heavy (non-hydrogen) atoms. The number of rotatable bonds is 3. The van der Waals surface area contributed by atoms with Gasteiger partial charge in [-0.15, -0.1) is 0 Å². The van der Waals surface area contributed by atoms with Crippen molar-refractivity contribution in [1.82, 2.24) is 20.0 Å². The van der Waals surface area contributed by atoms with Gasteiger partial charge in [0.05, 0.1) is 24.4 Å². The summed E-state index contributed by atoms with van der Waals surface area (Å²) in [4.78, 5) is 14.3. The smallest absolute Gasteiger partial charge is 0.260 e. The van der Waals surface area contributed by atoms with Crippen LogP contribution in [0, 0.1) is 13.8 Å². The number of hydrogen-bond donors (Lipinski definition) is 1. The molecule has 0 bridgehead atoms. The van der Waals surface area contributed by atoms with Crippen LogP contribution in [-0.2, 0) is 16.6 Å². The van der Waals surface area contributed by atoms with E-state index in [0.29, 0.717) is 18.9 Å². The normalized spacial score (nSPS) is 25.0. The van der Waals surface area contributed by atoms with E-state index in [1.54, 1.807) is 4.68 Å². The van der Waals surface area contributed by atoms with Gasteiger partial charge in [0.15, 0.2) is 12.4 Å². The molecule has 3 rings (SSSR count). The molecular formula is C14H22N4O3. The molecule has 1 aromatic heterocycles. The summed E-state index contributed by atoms with van der Waals surface area (Å²) in [5.41, 5.74) is 1.74. The number of fused-ring (bicyclic) bond motifs is 1. The fourth-order valence-corrected chi connectivity index (χ4v) is 3.08. The number of amides is 1. The first kappa shape index (κ1) is 14.3. The van der Waals surface area contributed by atoms with Crippen molar-refractivity contribution in [3.8, 4) is 5.75 Å². The molecule has 2 fully saturated rings. The molecule has 0 radical (unpaired) electrons. The van der Waals surface area contributed by atoms with Gasteiger partial charge in [0, 0.05) is 26.7 Å². The van der Waals surface area contributed by atoms with Gasteiger partial charge < -0.3 is 19.7 Å². The maximum absolute atomic E-state index is 12.4. The molecule has 7 heteroatoms. The minimum atomic E-state index is 0.0136. The molecule has 2 aliphatic heterocycles. The zero-order valence-corrected chi connectivity index (χ0v) is 12.8. The van der Waals surface area contributed by atoms with E-state index < -0.39 is 0 Å². The largest absolute Gasteiger partial charge is 0.480 e. The van der Waals surface area contributed by atoms with Crippen molar-refractivity contribution in [3.63, 3.8) is 0 Å². The Hall–Kier alpha value is -1.60. The highest BCUT2D eigenvalue weighted by Gasteiger charge is 2.38. The second-order valence-electron chi connectivity index (χ2n) is 5.63. The molecule has 7 nitrogen and oxygen atoms in total. The highest BCUT2D eigenvalue weighted by molar-refractivity contribution is 5.78. The summed E-state index contributed by atoms with van der Waals surface area (Å²) >= 11 is 0. The molecule has 0 aromatic carbocycles. The van der Waals surface area contributed by atoms with Gasteiger partial charge in [-0.1, -0.05) is 0 Å². The summed E-state index contributed by atoms with van der Waals surface area (Å²) in [5, 5.41) is 7.56. The van der Waals surface area contributed by atoms with Crippen molar-refractivity contribution >= 4 is 5.91 Å². The van der Waals surface area contributed by atoms with Gasteiger partial charge >= 0.3 is 0 Å². The Kier molecular flexibility index (Phi) is 3.86. The Labute approximate surface area is 124 Å². The van der Waals surface area contributed by atoms with E-state index in [4.69, 9.17) is 9.47 Å². The summed E-state index contributed by atoms with van der Waals surface area (Å²) in [6, 6.07) is 0.131. The number of morpholine rings is 1. The average molecular weight is 294 g/mol. The standard InChI is InChI=1S/C14H22N4O3/c1-9-14(10(2)17(3)16-9)21-8-13(19)18-4-5-20-12-7-15-6-11(12)18/h11-12,15H,4-8H2,1-3H3/t11-,12+/m1/s1. The Morgan fingerprint density at radius 1 is 1.48 bits per heavy atom. The van der Waals surface area contributed by atoms with E-state index in [0.717, 1.165) is 24.5 Å². The first-order valence-electron chi connectivity index (χ1n) is 7.32. The molecule has 1 amide bonds. The number of nitrogens with one attached hydrogen (secondary N) is 1. The van der Waals surface area contributed by atoms with Crippen LogP contribution >= 0.6 is 0 Å². The lowest BCUT2D eigenvalue weighted by molar-refractivity contribution is -0.144. The van der Waals surface area contributed by atoms with Gasteiger partial charge in [-0.05, 0) is 13.8 Å². The van der Waals surface area contributed by atoms with Crippen LogP contribution in [0.2, 0.25) is 0 Å². The molecule has 0 spiro atoms. The number of aryl methyl sites for hydroxylation is 2. The molecule has 0 unspecified atom stereocenters. The third-order valence-electron chi connectivity index (χ3n) is 4.30. The van der Waals surface area contributed by atoms with E-state index in [2.05, 4.69) is 10.4 Å². The van der Waals surface area contributed by atoms with E-state index in [9.17, 15) is 4.79 Å². The van der Waals surface area contributed by atoms with Gasteiger partial charge in [0.1, 0.15) is 5.69 Å². The molecule has 0 saturated carbocycles. The van der Waals surface area contributed by atoms with Crippen LogP contribution in [0.1, 0.15) is 11.4 Å². The summed E-state index contributed by atoms with van der Waals surface area (Å²) in [6.45, 7) is 6.72. The monoisotopic (exact) mass is 294 g/mol. The third kappa shape index (κ3) is 2.63. The molecule has 1 N–H and O–H groups in total. The lowest BCUT2D eigenvalue weighted by Gasteiger charge is -2.36. The first-order valence-corrected chi connectivity index (χ1v) is 7.32. The molecule has 2 atom stereocenters. The number of hydrogen-bond acceptors (Lipinski definition) is 5. The fourth-order valence-electron chi connectivity index (χ4n) is 3.08. The van der Waals surface area contributed by atoms with Crippen molar-refractivity contribution in [2.45, 2.75) is 26.0 Å². The molecule has 1 aromatic rings. The maximum atomic E-state index is 12.4. The lowest BCUT2D eigenvalue weighted by Crippen LogP contribution is -2.54. The molecule has 0 aliphatic carbocycles. The topological polar surface area (TPSA) is 68.6 Å². The predicted octanol–water partition coefficient (Wildman–Crippen LogP) is -0.385. The number of carbonyl (C=O) groups is 1. The molecule has 2 aliphatic rings. The second-order valence-corrected chi connectivity index (χ2v) is 5.63. The quantitative estimate of drug-likeness (QED) is 0.823. The van der Waals surface area contributed by atoms with Crippen LogP contribution in [0.25, 0.3) is 0 Å². The van der Waals surface area contributed by atoms with E-state index >= 15 is 0 Å². The predicted molar refractivity (Wildman–Crippen MR) is 76.3 cm³/mol. The van der Waals surface area contributed by atoms with E-state index in [1.165, 1.54) is 0 Å². The third-order valence-corrected chi connectivity index (χ3v) is 4.30. The number of nitrogens with zero attached hydrogens (tertiary/aromatic N) is 3. The zero-order chi connectivity index (χ0) is 15.0. The van der Waals surface area contributed by atoms with E-state index in [1.807, 2.05) is 25.8 Å². The van der Waals surface area contributed by atoms with Crippen LogP contribution in [0.15, 0.2) is 0 Å². The minimum Gasteiger partial charge on any atom is -0.480 e. The highest BCUT2D eigenvalue weighted by Crippen LogP contribution is 2.22. The van der Waals surface area contributed by atoms with Crippen LogP contribution in [0.3, 0.4) is 0 Å². The maximum Gasteiger partial charge on any atom is 0.260 e. The number of aromatic nitrogens is 2. The number of carbonyl (C=O) groups excluding carboxylic acids is 1. The van der Waals surface area contributed by atoms with Crippen LogP contribution in [0.4, 0.5) is 0 Å². The van der Waals surface area contributed by atoms with Gasteiger partial charge in [0.25, 0.3) is 5.91 Å². The van der Waals surface area contributed by atoms with Crippen molar-refractivity contribution in [2.75, 3.05) is 32.8 Å². The zero-order valence-electron chi connectivity index (χ0n) is 12.8. The van der Waals surface area contributed by atoms with Crippen molar-refractivity contribution < 1.29 is 14.3 Å². The van der Waals surface area contributed by atoms with E-state index in [-0.39, 0.29) is 24.7 Å². The Morgan fingerprint density at radius 2 is 2.29 bits per heavy atom. The minimum absolute atomic E-state index is 0.0136. The molecular weight excluding hydrogens is 272 g/mol. The van der Waals surface area contributed by atoms with Gasteiger partial charge in [-0.25, -0.2) is 0 Å². The van der Waals surface area contributed by atoms with Crippen molar-refractivity contribution in [2.24, 2.45) is 7.05 Å². The molecule has 3 heterocycles. The van der Waals surface area contributed by atoms with Crippen LogP contribution < -0.4 is 10.1 Å². The van der Waals surface area contributed by atoms with Crippen LogP contribution in [-0.4, -0.2) is 65.6 Å². The van der Waals surface area contributed by atoms with Crippen LogP contribution in [0.5, 0.6) is 5.75 Å². The van der Waals surface area contributed by atoms with Crippen molar-refractivity contribution in [3.05, 3.63) is 11.4 Å². The average Bonchev–Trinajstić information content (AvgIpc) is 3.02. The van der Waals surface area contributed by atoms with Gasteiger partial charge in [-0.3, -0.25) is 9.48 Å². The first-order chi connectivity index (χ1) is 10.1.